The average molecular weight is 523 g/mol. The number of likely N-dealkylation sites (tertiary alicyclic amines) is 1. The number of hydrogen-bond donors (Lipinski definition) is 2. The van der Waals surface area contributed by atoms with Crippen molar-refractivity contribution in [2.45, 2.75) is 83.4 Å². The van der Waals surface area contributed by atoms with Gasteiger partial charge in [0.1, 0.15) is 0 Å². The first-order valence-corrected chi connectivity index (χ1v) is 11.6. The van der Waals surface area contributed by atoms with E-state index in [1.807, 2.05) is 0 Å². The summed E-state index contributed by atoms with van der Waals surface area (Å²) in [5, 5.41) is 7.56. The Labute approximate surface area is 195 Å². The van der Waals surface area contributed by atoms with E-state index in [2.05, 4.69) is 29.4 Å². The van der Waals surface area contributed by atoms with Gasteiger partial charge in [0.2, 0.25) is 0 Å². The molecule has 29 heavy (non-hydrogen) atoms. The number of nitrogens with one attached hydrogen (secondary N) is 2. The van der Waals surface area contributed by atoms with Crippen molar-refractivity contribution < 1.29 is 9.47 Å². The van der Waals surface area contributed by atoms with E-state index in [1.165, 1.54) is 44.9 Å². The maximum absolute atomic E-state index is 6.12. The lowest BCUT2D eigenvalue weighted by molar-refractivity contribution is -0.145. The third-order valence-electron chi connectivity index (χ3n) is 7.10. The fraction of sp³-hybridized carbons (Fsp3) is 0.955. The molecule has 3 fully saturated rings. The molecule has 6 nitrogen and oxygen atoms in total. The zero-order valence-electron chi connectivity index (χ0n) is 18.8. The number of ether oxygens (including phenoxy) is 2. The number of rotatable bonds is 8. The van der Waals surface area contributed by atoms with Crippen LogP contribution in [0.1, 0.15) is 65.2 Å². The van der Waals surface area contributed by atoms with Crippen LogP contribution in [0.3, 0.4) is 0 Å². The highest BCUT2D eigenvalue weighted by molar-refractivity contribution is 14.0. The minimum Gasteiger partial charge on any atom is -0.383 e. The Balaban J connectivity index is 0.00000300. The largest absolute Gasteiger partial charge is 0.383 e. The van der Waals surface area contributed by atoms with E-state index in [0.29, 0.717) is 23.6 Å². The van der Waals surface area contributed by atoms with E-state index in [9.17, 15) is 0 Å². The van der Waals surface area contributed by atoms with Crippen molar-refractivity contribution in [3.63, 3.8) is 0 Å². The molecule has 3 rings (SSSR count). The van der Waals surface area contributed by atoms with Gasteiger partial charge in [-0.3, -0.25) is 4.99 Å². The normalized spacial score (nSPS) is 27.9. The van der Waals surface area contributed by atoms with Crippen molar-refractivity contribution >= 4 is 29.9 Å². The maximum atomic E-state index is 6.12. The second kappa shape index (κ2) is 12.7. The van der Waals surface area contributed by atoms with Crippen LogP contribution >= 0.6 is 24.0 Å². The van der Waals surface area contributed by atoms with E-state index in [4.69, 9.17) is 14.5 Å². The lowest BCUT2D eigenvalue weighted by atomic mass is 9.55. The molecule has 1 spiro atoms. The first kappa shape index (κ1) is 25.1. The molecule has 2 N–H and O–H groups in total. The Hall–Kier alpha value is -0.120. The standard InChI is InChI=1S/C22H42N4O2.HI/c1-4-23-21(24-18-9-13-26(14-10-18)15-16-27-3)25-19-17-20(28-5-2)22(19)11-7-6-8-12-22;/h18-20H,4-17H2,1-3H3,(H2,23,24,25);1H. The van der Waals surface area contributed by atoms with Gasteiger partial charge in [-0.15, -0.1) is 24.0 Å². The van der Waals surface area contributed by atoms with Crippen LogP contribution in [-0.2, 0) is 9.47 Å². The molecule has 3 aliphatic rings. The number of methoxy groups -OCH3 is 1. The monoisotopic (exact) mass is 522 g/mol. The smallest absolute Gasteiger partial charge is 0.191 e. The summed E-state index contributed by atoms with van der Waals surface area (Å²) in [6.45, 7) is 10.0. The zero-order chi connectivity index (χ0) is 19.8. The van der Waals surface area contributed by atoms with Crippen molar-refractivity contribution in [1.82, 2.24) is 15.5 Å². The molecule has 0 aromatic rings. The van der Waals surface area contributed by atoms with E-state index >= 15 is 0 Å². The SMILES string of the molecule is CCN=C(NC1CCN(CCOC)CC1)NC1CC(OCC)C12CCCCC2.I. The van der Waals surface area contributed by atoms with Crippen LogP contribution in [0.25, 0.3) is 0 Å². The molecule has 0 aromatic carbocycles. The summed E-state index contributed by atoms with van der Waals surface area (Å²) in [5.41, 5.74) is 0.327. The van der Waals surface area contributed by atoms with Gasteiger partial charge in [-0.1, -0.05) is 19.3 Å². The lowest BCUT2D eigenvalue weighted by Crippen LogP contribution is -2.67. The molecular formula is C22H43IN4O2. The highest BCUT2D eigenvalue weighted by Gasteiger charge is 2.55. The molecule has 2 saturated carbocycles. The van der Waals surface area contributed by atoms with Crippen LogP contribution in [0.15, 0.2) is 4.99 Å². The molecule has 2 atom stereocenters. The van der Waals surface area contributed by atoms with Crippen molar-refractivity contribution in [3.05, 3.63) is 0 Å². The van der Waals surface area contributed by atoms with Crippen LogP contribution in [-0.4, -0.2) is 75.5 Å². The number of nitrogens with zero attached hydrogens (tertiary/aromatic N) is 2. The number of piperidine rings is 1. The van der Waals surface area contributed by atoms with Crippen molar-refractivity contribution in [2.75, 3.05) is 46.5 Å². The van der Waals surface area contributed by atoms with Crippen LogP contribution in [0.5, 0.6) is 0 Å². The number of hydrogen-bond acceptors (Lipinski definition) is 4. The van der Waals surface area contributed by atoms with E-state index in [-0.39, 0.29) is 24.0 Å². The molecule has 1 aliphatic heterocycles. The quantitative estimate of drug-likeness (QED) is 0.291. The molecule has 0 aromatic heterocycles. The molecule has 0 amide bonds. The second-order valence-electron chi connectivity index (χ2n) is 8.75. The second-order valence-corrected chi connectivity index (χ2v) is 8.75. The number of guanidine groups is 1. The predicted molar refractivity (Wildman–Crippen MR) is 130 cm³/mol. The first-order valence-electron chi connectivity index (χ1n) is 11.6. The van der Waals surface area contributed by atoms with Crippen molar-refractivity contribution in [3.8, 4) is 0 Å². The van der Waals surface area contributed by atoms with Gasteiger partial charge in [-0.05, 0) is 46.0 Å². The van der Waals surface area contributed by atoms with Gasteiger partial charge in [0, 0.05) is 57.4 Å². The van der Waals surface area contributed by atoms with Crippen LogP contribution in [0, 0.1) is 5.41 Å². The maximum Gasteiger partial charge on any atom is 0.191 e. The third kappa shape index (κ3) is 6.43. The predicted octanol–water partition coefficient (Wildman–Crippen LogP) is 3.40. The molecule has 170 valence electrons. The van der Waals surface area contributed by atoms with Gasteiger partial charge < -0.3 is 25.0 Å². The summed E-state index contributed by atoms with van der Waals surface area (Å²) in [5.74, 6) is 1.02. The Morgan fingerprint density at radius 3 is 2.45 bits per heavy atom. The number of aliphatic imine (C=N–C) groups is 1. The van der Waals surface area contributed by atoms with Gasteiger partial charge in [0.25, 0.3) is 0 Å². The van der Waals surface area contributed by atoms with Gasteiger partial charge in [0.15, 0.2) is 5.96 Å². The minimum atomic E-state index is 0. The summed E-state index contributed by atoms with van der Waals surface area (Å²) < 4.78 is 11.3. The van der Waals surface area contributed by atoms with E-state index in [0.717, 1.165) is 51.8 Å². The molecule has 0 bridgehead atoms. The van der Waals surface area contributed by atoms with Crippen molar-refractivity contribution in [1.29, 1.82) is 0 Å². The van der Waals surface area contributed by atoms with Crippen LogP contribution < -0.4 is 10.6 Å². The molecule has 2 unspecified atom stereocenters. The Kier molecular flexibility index (Phi) is 11.0. The highest BCUT2D eigenvalue weighted by Crippen LogP contribution is 2.53. The summed E-state index contributed by atoms with van der Waals surface area (Å²) in [4.78, 5) is 7.28. The molecule has 0 radical (unpaired) electrons. The molecule has 7 heteroatoms. The van der Waals surface area contributed by atoms with Crippen LogP contribution in [0.2, 0.25) is 0 Å². The Morgan fingerprint density at radius 2 is 1.83 bits per heavy atom. The van der Waals surface area contributed by atoms with Gasteiger partial charge >= 0.3 is 0 Å². The van der Waals surface area contributed by atoms with E-state index in [1.54, 1.807) is 7.11 Å². The third-order valence-corrected chi connectivity index (χ3v) is 7.10. The van der Waals surface area contributed by atoms with E-state index < -0.39 is 0 Å². The number of halogens is 1. The van der Waals surface area contributed by atoms with Gasteiger partial charge in [-0.2, -0.15) is 0 Å². The molecule has 1 heterocycles. The summed E-state index contributed by atoms with van der Waals surface area (Å²) >= 11 is 0. The topological polar surface area (TPSA) is 58.1 Å². The van der Waals surface area contributed by atoms with Crippen molar-refractivity contribution in [2.24, 2.45) is 10.4 Å². The molecule has 2 aliphatic carbocycles. The summed E-state index contributed by atoms with van der Waals surface area (Å²) in [7, 11) is 1.78. The highest BCUT2D eigenvalue weighted by atomic mass is 127. The molecule has 1 saturated heterocycles. The summed E-state index contributed by atoms with van der Waals surface area (Å²) in [6.07, 6.45) is 10.6. The molecular weight excluding hydrogens is 479 g/mol. The summed E-state index contributed by atoms with van der Waals surface area (Å²) in [6, 6.07) is 1.02. The van der Waals surface area contributed by atoms with Gasteiger partial charge in [-0.25, -0.2) is 0 Å². The lowest BCUT2D eigenvalue weighted by Gasteiger charge is -2.58. The Morgan fingerprint density at radius 1 is 1.10 bits per heavy atom. The average Bonchev–Trinajstić information content (AvgIpc) is 2.73. The van der Waals surface area contributed by atoms with Crippen LogP contribution in [0.4, 0.5) is 0 Å². The first-order chi connectivity index (χ1) is 13.7. The Bertz CT molecular complexity index is 491. The zero-order valence-corrected chi connectivity index (χ0v) is 21.1. The minimum absolute atomic E-state index is 0. The van der Waals surface area contributed by atoms with Gasteiger partial charge in [0.05, 0.1) is 12.7 Å². The fourth-order valence-corrected chi connectivity index (χ4v) is 5.44. The fourth-order valence-electron chi connectivity index (χ4n) is 5.44.